The van der Waals surface area contributed by atoms with Crippen LogP contribution in [0.2, 0.25) is 0 Å². The van der Waals surface area contributed by atoms with Crippen molar-refractivity contribution in [3.05, 3.63) is 62.3 Å². The number of anilines is 2. The SMILES string of the molecule is Cc1ccc(N(C(=O)c2snc(C(N)=O)c2N)[C@H](C(=O)NC2CCCCC2)c2cccs2)cc1C. The highest BCUT2D eigenvalue weighted by Crippen LogP contribution is 2.35. The van der Waals surface area contributed by atoms with Crippen LogP contribution >= 0.6 is 22.9 Å². The Balaban J connectivity index is 1.81. The molecule has 0 aliphatic heterocycles. The fourth-order valence-corrected chi connectivity index (χ4v) is 5.90. The van der Waals surface area contributed by atoms with Crippen molar-refractivity contribution < 1.29 is 14.4 Å². The number of aromatic nitrogens is 1. The second kappa shape index (κ2) is 10.6. The molecular weight excluding hydrogens is 482 g/mol. The van der Waals surface area contributed by atoms with Crippen LogP contribution in [0.1, 0.15) is 74.3 Å². The van der Waals surface area contributed by atoms with Crippen LogP contribution < -0.4 is 21.7 Å². The highest BCUT2D eigenvalue weighted by atomic mass is 32.1. The summed E-state index contributed by atoms with van der Waals surface area (Å²) in [6.45, 7) is 3.94. The van der Waals surface area contributed by atoms with Crippen LogP contribution in [-0.2, 0) is 4.79 Å². The lowest BCUT2D eigenvalue weighted by molar-refractivity contribution is -0.123. The Labute approximate surface area is 212 Å². The molecule has 8 nitrogen and oxygen atoms in total. The molecule has 1 aliphatic carbocycles. The first kappa shape index (κ1) is 24.9. The van der Waals surface area contributed by atoms with E-state index in [0.29, 0.717) is 5.69 Å². The highest BCUT2D eigenvalue weighted by molar-refractivity contribution is 7.10. The highest BCUT2D eigenvalue weighted by Gasteiger charge is 2.37. The number of rotatable bonds is 7. The Morgan fingerprint density at radius 3 is 2.46 bits per heavy atom. The number of nitrogen functional groups attached to an aromatic ring is 1. The Hall–Kier alpha value is -3.24. The van der Waals surface area contributed by atoms with Crippen molar-refractivity contribution in [2.45, 2.75) is 58.0 Å². The van der Waals surface area contributed by atoms with E-state index in [0.717, 1.165) is 53.2 Å². The lowest BCUT2D eigenvalue weighted by Gasteiger charge is -2.32. The average Bonchev–Trinajstić information content (AvgIpc) is 3.49. The van der Waals surface area contributed by atoms with Gasteiger partial charge in [0.15, 0.2) is 11.7 Å². The van der Waals surface area contributed by atoms with Crippen molar-refractivity contribution >= 4 is 52.0 Å². The third-order valence-electron chi connectivity index (χ3n) is 6.41. The maximum Gasteiger partial charge on any atom is 0.273 e. The van der Waals surface area contributed by atoms with E-state index >= 15 is 0 Å². The minimum atomic E-state index is -0.912. The first-order valence-electron chi connectivity index (χ1n) is 11.6. The van der Waals surface area contributed by atoms with Gasteiger partial charge in [0.2, 0.25) is 5.91 Å². The lowest BCUT2D eigenvalue weighted by atomic mass is 9.95. The molecule has 1 saturated carbocycles. The number of nitrogens with one attached hydrogen (secondary N) is 1. The quantitative estimate of drug-likeness (QED) is 0.434. The summed E-state index contributed by atoms with van der Waals surface area (Å²) in [6, 6.07) is 8.49. The molecule has 0 unspecified atom stereocenters. The number of amides is 3. The van der Waals surface area contributed by atoms with Gasteiger partial charge in [-0.1, -0.05) is 31.4 Å². The van der Waals surface area contributed by atoms with Crippen LogP contribution in [0.15, 0.2) is 35.7 Å². The molecule has 0 radical (unpaired) electrons. The van der Waals surface area contributed by atoms with Gasteiger partial charge in [0.05, 0.1) is 5.69 Å². The fourth-order valence-electron chi connectivity index (χ4n) is 4.35. The van der Waals surface area contributed by atoms with Gasteiger partial charge >= 0.3 is 0 Å². The summed E-state index contributed by atoms with van der Waals surface area (Å²) < 4.78 is 4.00. The normalized spacial score (nSPS) is 14.9. The van der Waals surface area contributed by atoms with Crippen LogP contribution in [0.5, 0.6) is 0 Å². The van der Waals surface area contributed by atoms with Crippen LogP contribution in [0.4, 0.5) is 11.4 Å². The van der Waals surface area contributed by atoms with E-state index in [1.807, 2.05) is 49.6 Å². The molecule has 1 aliphatic rings. The molecule has 3 aromatic rings. The van der Waals surface area contributed by atoms with E-state index in [1.54, 1.807) is 0 Å². The van der Waals surface area contributed by atoms with Crippen molar-refractivity contribution in [3.63, 3.8) is 0 Å². The minimum Gasteiger partial charge on any atom is -0.395 e. The van der Waals surface area contributed by atoms with Crippen LogP contribution in [0.3, 0.4) is 0 Å². The smallest absolute Gasteiger partial charge is 0.273 e. The summed E-state index contributed by atoms with van der Waals surface area (Å²) in [6.07, 6.45) is 5.15. The van der Waals surface area contributed by atoms with Crippen LogP contribution in [-0.4, -0.2) is 28.1 Å². The summed E-state index contributed by atoms with van der Waals surface area (Å²) in [5.41, 5.74) is 13.9. The predicted molar refractivity (Wildman–Crippen MR) is 140 cm³/mol. The fraction of sp³-hybridized carbons (Fsp3) is 0.360. The van der Waals surface area contributed by atoms with E-state index in [9.17, 15) is 14.4 Å². The number of carbonyl (C=O) groups is 3. The van der Waals surface area contributed by atoms with Crippen molar-refractivity contribution in [3.8, 4) is 0 Å². The van der Waals surface area contributed by atoms with E-state index in [2.05, 4.69) is 9.69 Å². The van der Waals surface area contributed by atoms with Gasteiger partial charge in [0, 0.05) is 16.6 Å². The molecule has 184 valence electrons. The number of nitrogens with zero attached hydrogens (tertiary/aromatic N) is 2. The molecule has 0 saturated heterocycles. The van der Waals surface area contributed by atoms with Gasteiger partial charge in [-0.3, -0.25) is 19.3 Å². The topological polar surface area (TPSA) is 131 Å². The molecule has 3 amide bonds. The number of aryl methyl sites for hydroxylation is 2. The van der Waals surface area contributed by atoms with Crippen LogP contribution in [0.25, 0.3) is 0 Å². The molecule has 2 aromatic heterocycles. The third kappa shape index (κ3) is 5.23. The summed E-state index contributed by atoms with van der Waals surface area (Å²) in [5.74, 6) is -1.56. The molecule has 35 heavy (non-hydrogen) atoms. The van der Waals surface area contributed by atoms with E-state index in [-0.39, 0.29) is 28.2 Å². The van der Waals surface area contributed by atoms with E-state index in [1.165, 1.54) is 22.7 Å². The van der Waals surface area contributed by atoms with Gasteiger partial charge in [-0.25, -0.2) is 0 Å². The van der Waals surface area contributed by atoms with E-state index in [4.69, 9.17) is 11.5 Å². The zero-order valence-electron chi connectivity index (χ0n) is 19.7. The Morgan fingerprint density at radius 1 is 1.11 bits per heavy atom. The number of primary amides is 1. The molecule has 1 aromatic carbocycles. The average molecular weight is 512 g/mol. The first-order valence-corrected chi connectivity index (χ1v) is 13.2. The zero-order chi connectivity index (χ0) is 25.1. The number of hydrogen-bond acceptors (Lipinski definition) is 7. The molecule has 5 N–H and O–H groups in total. The predicted octanol–water partition coefficient (Wildman–Crippen LogP) is 4.34. The Kier molecular flexibility index (Phi) is 7.51. The van der Waals surface area contributed by atoms with Crippen molar-refractivity contribution in [1.82, 2.24) is 9.69 Å². The zero-order valence-corrected chi connectivity index (χ0v) is 21.4. The Bertz CT molecular complexity index is 1230. The second-order valence-electron chi connectivity index (χ2n) is 8.84. The molecular formula is C25H29N5O3S2. The maximum absolute atomic E-state index is 14.0. The molecule has 2 heterocycles. The largest absolute Gasteiger partial charge is 0.395 e. The van der Waals surface area contributed by atoms with Gasteiger partial charge in [-0.15, -0.1) is 11.3 Å². The molecule has 0 spiro atoms. The van der Waals surface area contributed by atoms with E-state index < -0.39 is 17.9 Å². The van der Waals surface area contributed by atoms with Crippen molar-refractivity contribution in [2.75, 3.05) is 10.6 Å². The minimum absolute atomic E-state index is 0.0704. The van der Waals surface area contributed by atoms with Gasteiger partial charge in [0.25, 0.3) is 11.8 Å². The molecule has 0 bridgehead atoms. The number of nitrogens with two attached hydrogens (primary N) is 2. The Morgan fingerprint density at radius 2 is 1.86 bits per heavy atom. The number of benzene rings is 1. The van der Waals surface area contributed by atoms with Crippen LogP contribution in [0, 0.1) is 13.8 Å². The van der Waals surface area contributed by atoms with Gasteiger partial charge in [0.1, 0.15) is 4.88 Å². The maximum atomic E-state index is 14.0. The first-order chi connectivity index (χ1) is 16.8. The standard InChI is InChI=1S/C25H29N5O3S2/c1-14-10-11-17(13-15(14)2)30(25(33)22-19(26)20(23(27)31)29-35-22)21(18-9-6-12-34-18)24(32)28-16-7-4-3-5-8-16/h6,9-13,16,21H,3-5,7-8,26H2,1-2H3,(H2,27,31)(H,28,32)/t21-/m0/s1. The van der Waals surface area contributed by atoms with Gasteiger partial charge in [-0.2, -0.15) is 4.37 Å². The molecule has 10 heteroatoms. The molecule has 1 fully saturated rings. The van der Waals surface area contributed by atoms with Crippen molar-refractivity contribution in [2.24, 2.45) is 5.73 Å². The second-order valence-corrected chi connectivity index (χ2v) is 10.6. The monoisotopic (exact) mass is 511 g/mol. The van der Waals surface area contributed by atoms with Gasteiger partial charge in [-0.05, 0) is 72.9 Å². The number of carbonyl (C=O) groups excluding carboxylic acids is 3. The summed E-state index contributed by atoms with van der Waals surface area (Å²) in [7, 11) is 0. The van der Waals surface area contributed by atoms with Crippen molar-refractivity contribution in [1.29, 1.82) is 0 Å². The lowest BCUT2D eigenvalue weighted by Crippen LogP contribution is -2.47. The number of hydrogen-bond donors (Lipinski definition) is 3. The summed E-state index contributed by atoms with van der Waals surface area (Å²) in [5, 5.41) is 5.06. The molecule has 4 rings (SSSR count). The third-order valence-corrected chi connectivity index (χ3v) is 8.19. The summed E-state index contributed by atoms with van der Waals surface area (Å²) in [4.78, 5) is 41.8. The summed E-state index contributed by atoms with van der Waals surface area (Å²) >= 11 is 2.22. The molecule has 1 atom stereocenters. The number of thiophene rings is 1. The van der Waals surface area contributed by atoms with Gasteiger partial charge < -0.3 is 16.8 Å².